The Hall–Kier alpha value is -0.570. The molecule has 0 aromatic rings. The van der Waals surface area contributed by atoms with Gasteiger partial charge in [-0.15, -0.1) is 0 Å². The maximum atomic E-state index is 10.7. The van der Waals surface area contributed by atoms with Crippen LogP contribution in [0.3, 0.4) is 0 Å². The van der Waals surface area contributed by atoms with Crippen molar-refractivity contribution in [2.45, 2.75) is 19.8 Å². The van der Waals surface area contributed by atoms with Crippen molar-refractivity contribution in [3.8, 4) is 0 Å². The molecular formula is C7H13NO2. The summed E-state index contributed by atoms with van der Waals surface area (Å²) >= 11 is 0. The van der Waals surface area contributed by atoms with Gasteiger partial charge in [0.15, 0.2) is 0 Å². The minimum Gasteiger partial charge on any atom is -0.396 e. The number of hydrogen-bond acceptors (Lipinski definition) is 2. The molecule has 0 bridgehead atoms. The van der Waals surface area contributed by atoms with Crippen molar-refractivity contribution in [3.05, 3.63) is 0 Å². The predicted molar refractivity (Wildman–Crippen MR) is 37.4 cm³/mol. The Balaban J connectivity index is 2.46. The SMILES string of the molecule is CC1(CCO)CNC(=O)C1. The minimum atomic E-state index is 0.00579. The van der Waals surface area contributed by atoms with Crippen LogP contribution < -0.4 is 5.32 Å². The molecule has 3 heteroatoms. The Labute approximate surface area is 60.4 Å². The van der Waals surface area contributed by atoms with Crippen LogP contribution in [0.1, 0.15) is 19.8 Å². The molecule has 3 nitrogen and oxygen atoms in total. The second-order valence-corrected chi connectivity index (χ2v) is 3.24. The van der Waals surface area contributed by atoms with Crippen molar-refractivity contribution >= 4 is 5.91 Å². The molecule has 0 spiro atoms. The predicted octanol–water partition coefficient (Wildman–Crippen LogP) is -0.105. The summed E-state index contributed by atoms with van der Waals surface area (Å²) in [5, 5.41) is 11.4. The fourth-order valence-corrected chi connectivity index (χ4v) is 1.27. The molecule has 1 fully saturated rings. The third kappa shape index (κ3) is 1.48. The number of aliphatic hydroxyl groups is 1. The van der Waals surface area contributed by atoms with Crippen LogP contribution in [-0.4, -0.2) is 24.2 Å². The van der Waals surface area contributed by atoms with E-state index in [1.165, 1.54) is 0 Å². The van der Waals surface area contributed by atoms with E-state index < -0.39 is 0 Å². The molecule has 1 rings (SSSR count). The Morgan fingerprint density at radius 2 is 2.50 bits per heavy atom. The molecule has 2 N–H and O–H groups in total. The first-order valence-electron chi connectivity index (χ1n) is 3.54. The number of hydrogen-bond donors (Lipinski definition) is 2. The number of amides is 1. The Morgan fingerprint density at radius 1 is 1.80 bits per heavy atom. The molecule has 0 aromatic heterocycles. The molecule has 1 amide bonds. The summed E-state index contributed by atoms with van der Waals surface area (Å²) in [7, 11) is 0. The Kier molecular flexibility index (Phi) is 1.94. The summed E-state index contributed by atoms with van der Waals surface area (Å²) in [5.74, 6) is 0.107. The highest BCUT2D eigenvalue weighted by molar-refractivity contribution is 5.79. The van der Waals surface area contributed by atoms with Crippen LogP contribution in [0, 0.1) is 5.41 Å². The van der Waals surface area contributed by atoms with Crippen LogP contribution in [0.5, 0.6) is 0 Å². The van der Waals surface area contributed by atoms with Gasteiger partial charge in [-0.05, 0) is 11.8 Å². The lowest BCUT2D eigenvalue weighted by molar-refractivity contribution is -0.119. The third-order valence-corrected chi connectivity index (χ3v) is 2.02. The van der Waals surface area contributed by atoms with Gasteiger partial charge in [-0.2, -0.15) is 0 Å². The van der Waals surface area contributed by atoms with Gasteiger partial charge >= 0.3 is 0 Å². The van der Waals surface area contributed by atoms with Crippen LogP contribution in [0.15, 0.2) is 0 Å². The first kappa shape index (κ1) is 7.54. The summed E-state index contributed by atoms with van der Waals surface area (Å²) in [6.45, 7) is 2.90. The number of carbonyl (C=O) groups is 1. The first-order chi connectivity index (χ1) is 4.66. The average Bonchev–Trinajstić information content (AvgIpc) is 2.12. The van der Waals surface area contributed by atoms with Gasteiger partial charge in [0.25, 0.3) is 0 Å². The van der Waals surface area contributed by atoms with Crippen molar-refractivity contribution < 1.29 is 9.90 Å². The first-order valence-corrected chi connectivity index (χ1v) is 3.54. The highest BCUT2D eigenvalue weighted by atomic mass is 16.3. The van der Waals surface area contributed by atoms with Crippen LogP contribution in [0.4, 0.5) is 0 Å². The number of aliphatic hydroxyl groups excluding tert-OH is 1. The highest BCUT2D eigenvalue weighted by Gasteiger charge is 2.32. The summed E-state index contributed by atoms with van der Waals surface area (Å²) in [4.78, 5) is 10.7. The van der Waals surface area contributed by atoms with Gasteiger partial charge in [-0.1, -0.05) is 6.92 Å². The van der Waals surface area contributed by atoms with Crippen molar-refractivity contribution in [1.29, 1.82) is 0 Å². The van der Waals surface area contributed by atoms with Crippen LogP contribution in [0.25, 0.3) is 0 Å². The molecule has 0 aliphatic carbocycles. The van der Waals surface area contributed by atoms with Gasteiger partial charge in [-0.25, -0.2) is 0 Å². The molecule has 58 valence electrons. The standard InChI is InChI=1S/C7H13NO2/c1-7(2-3-9)4-6(10)8-5-7/h9H,2-5H2,1H3,(H,8,10). The second kappa shape index (κ2) is 2.58. The summed E-state index contributed by atoms with van der Waals surface area (Å²) in [6.07, 6.45) is 1.28. The maximum Gasteiger partial charge on any atom is 0.220 e. The van der Waals surface area contributed by atoms with E-state index in [0.717, 1.165) is 0 Å². The number of carbonyl (C=O) groups excluding carboxylic acids is 1. The molecule has 1 heterocycles. The van der Waals surface area contributed by atoms with E-state index in [2.05, 4.69) is 5.32 Å². The van der Waals surface area contributed by atoms with Crippen molar-refractivity contribution in [1.82, 2.24) is 5.32 Å². The molecule has 1 atom stereocenters. The van der Waals surface area contributed by atoms with E-state index in [9.17, 15) is 4.79 Å². The van der Waals surface area contributed by atoms with Crippen LogP contribution in [0.2, 0.25) is 0 Å². The van der Waals surface area contributed by atoms with Gasteiger partial charge in [0.05, 0.1) is 0 Å². The van der Waals surface area contributed by atoms with E-state index in [0.29, 0.717) is 19.4 Å². The van der Waals surface area contributed by atoms with Gasteiger partial charge in [0.2, 0.25) is 5.91 Å². The molecule has 0 aromatic carbocycles. The molecule has 1 saturated heterocycles. The lowest BCUT2D eigenvalue weighted by Gasteiger charge is -2.18. The fourth-order valence-electron chi connectivity index (χ4n) is 1.27. The number of nitrogens with one attached hydrogen (secondary N) is 1. The van der Waals surface area contributed by atoms with Crippen molar-refractivity contribution in [2.24, 2.45) is 5.41 Å². The van der Waals surface area contributed by atoms with E-state index in [-0.39, 0.29) is 17.9 Å². The highest BCUT2D eigenvalue weighted by Crippen LogP contribution is 2.28. The van der Waals surface area contributed by atoms with Crippen LogP contribution in [-0.2, 0) is 4.79 Å². The van der Waals surface area contributed by atoms with E-state index >= 15 is 0 Å². The largest absolute Gasteiger partial charge is 0.396 e. The van der Waals surface area contributed by atoms with Crippen molar-refractivity contribution in [2.75, 3.05) is 13.2 Å². The van der Waals surface area contributed by atoms with Gasteiger partial charge in [0.1, 0.15) is 0 Å². The zero-order valence-electron chi connectivity index (χ0n) is 6.18. The van der Waals surface area contributed by atoms with E-state index in [4.69, 9.17) is 5.11 Å². The summed E-state index contributed by atoms with van der Waals surface area (Å²) in [5.41, 5.74) is 0.00579. The topological polar surface area (TPSA) is 49.3 Å². The maximum absolute atomic E-state index is 10.7. The summed E-state index contributed by atoms with van der Waals surface area (Å²) in [6, 6.07) is 0. The second-order valence-electron chi connectivity index (χ2n) is 3.24. The smallest absolute Gasteiger partial charge is 0.220 e. The minimum absolute atomic E-state index is 0.00579. The molecule has 1 aliphatic heterocycles. The zero-order chi connectivity index (χ0) is 7.61. The van der Waals surface area contributed by atoms with Crippen molar-refractivity contribution in [3.63, 3.8) is 0 Å². The number of rotatable bonds is 2. The quantitative estimate of drug-likeness (QED) is 0.567. The normalized spacial score (nSPS) is 32.4. The van der Waals surface area contributed by atoms with Gasteiger partial charge in [0, 0.05) is 19.6 Å². The fraction of sp³-hybridized carbons (Fsp3) is 0.857. The third-order valence-electron chi connectivity index (χ3n) is 2.02. The molecular weight excluding hydrogens is 130 g/mol. The summed E-state index contributed by atoms with van der Waals surface area (Å²) < 4.78 is 0. The van der Waals surface area contributed by atoms with E-state index in [1.54, 1.807) is 0 Å². The molecule has 1 unspecified atom stereocenters. The van der Waals surface area contributed by atoms with Gasteiger partial charge < -0.3 is 10.4 Å². The zero-order valence-corrected chi connectivity index (χ0v) is 6.18. The monoisotopic (exact) mass is 143 g/mol. The molecule has 0 saturated carbocycles. The van der Waals surface area contributed by atoms with Gasteiger partial charge in [-0.3, -0.25) is 4.79 Å². The Bertz CT molecular complexity index is 147. The lowest BCUT2D eigenvalue weighted by Crippen LogP contribution is -2.21. The molecule has 1 aliphatic rings. The molecule has 0 radical (unpaired) electrons. The van der Waals surface area contributed by atoms with E-state index in [1.807, 2.05) is 6.92 Å². The van der Waals surface area contributed by atoms with Crippen LogP contribution >= 0.6 is 0 Å². The average molecular weight is 143 g/mol. The Morgan fingerprint density at radius 3 is 2.90 bits per heavy atom. The lowest BCUT2D eigenvalue weighted by atomic mass is 9.86. The molecule has 10 heavy (non-hydrogen) atoms.